The Morgan fingerprint density at radius 2 is 1.83 bits per heavy atom. The first-order valence-corrected chi connectivity index (χ1v) is 8.49. The van der Waals surface area contributed by atoms with Gasteiger partial charge in [0.15, 0.2) is 0 Å². The average Bonchev–Trinajstić information content (AvgIpc) is 2.53. The molecule has 0 bridgehead atoms. The first-order valence-electron chi connectivity index (χ1n) is 7.01. The molecule has 0 aliphatic heterocycles. The van der Waals surface area contributed by atoms with Gasteiger partial charge in [0, 0.05) is 17.8 Å². The lowest BCUT2D eigenvalue weighted by Crippen LogP contribution is -2.26. The van der Waals surface area contributed by atoms with Gasteiger partial charge in [0.1, 0.15) is 0 Å². The summed E-state index contributed by atoms with van der Waals surface area (Å²) in [5, 5.41) is 11.2. The summed E-state index contributed by atoms with van der Waals surface area (Å²) in [5.74, 6) is -0.379. The van der Waals surface area contributed by atoms with E-state index >= 15 is 0 Å². The summed E-state index contributed by atoms with van der Waals surface area (Å²) in [7, 11) is -3.71. The molecule has 0 heterocycles. The molecule has 1 amide bonds. The number of aliphatic hydroxyl groups excluding tert-OH is 1. The van der Waals surface area contributed by atoms with Gasteiger partial charge < -0.3 is 10.4 Å². The lowest BCUT2D eigenvalue weighted by atomic mass is 10.2. The van der Waals surface area contributed by atoms with Crippen LogP contribution in [-0.2, 0) is 10.0 Å². The maximum absolute atomic E-state index is 12.3. The number of aliphatic hydroxyl groups is 1. The molecule has 0 aliphatic carbocycles. The predicted molar refractivity (Wildman–Crippen MR) is 87.8 cm³/mol. The van der Waals surface area contributed by atoms with E-state index < -0.39 is 10.0 Å². The van der Waals surface area contributed by atoms with Gasteiger partial charge in [-0.2, -0.15) is 0 Å². The molecule has 122 valence electrons. The summed E-state index contributed by atoms with van der Waals surface area (Å²) in [6, 6.07) is 12.6. The van der Waals surface area contributed by atoms with Crippen LogP contribution in [0.2, 0.25) is 0 Å². The first-order chi connectivity index (χ1) is 10.9. The molecule has 0 aliphatic rings. The molecule has 3 N–H and O–H groups in total. The van der Waals surface area contributed by atoms with Crippen molar-refractivity contribution < 1.29 is 18.3 Å². The van der Waals surface area contributed by atoms with Crippen molar-refractivity contribution in [1.82, 2.24) is 5.32 Å². The minimum absolute atomic E-state index is 0.137. The van der Waals surface area contributed by atoms with E-state index in [9.17, 15) is 13.2 Å². The number of benzene rings is 2. The van der Waals surface area contributed by atoms with E-state index in [1.54, 1.807) is 30.3 Å². The highest BCUT2D eigenvalue weighted by molar-refractivity contribution is 7.92. The molecular formula is C16H18N2O4S. The number of carbonyl (C=O) groups excluding carboxylic acids is 1. The molecule has 0 aromatic heterocycles. The van der Waals surface area contributed by atoms with Crippen LogP contribution >= 0.6 is 0 Å². The van der Waals surface area contributed by atoms with Crippen LogP contribution in [0.4, 0.5) is 5.69 Å². The van der Waals surface area contributed by atoms with Crippen LogP contribution in [0.3, 0.4) is 0 Å². The largest absolute Gasteiger partial charge is 0.395 e. The van der Waals surface area contributed by atoms with Gasteiger partial charge in [-0.15, -0.1) is 0 Å². The Balaban J connectivity index is 2.19. The highest BCUT2D eigenvalue weighted by Crippen LogP contribution is 2.17. The van der Waals surface area contributed by atoms with Gasteiger partial charge in [0.05, 0.1) is 11.5 Å². The van der Waals surface area contributed by atoms with Crippen LogP contribution < -0.4 is 10.0 Å². The van der Waals surface area contributed by atoms with Gasteiger partial charge in [0.2, 0.25) is 0 Å². The molecule has 7 heteroatoms. The average molecular weight is 334 g/mol. The third-order valence-electron chi connectivity index (χ3n) is 3.11. The normalized spacial score (nSPS) is 11.0. The number of carbonyl (C=O) groups is 1. The van der Waals surface area contributed by atoms with Gasteiger partial charge in [-0.25, -0.2) is 8.42 Å². The summed E-state index contributed by atoms with van der Waals surface area (Å²) in [6.45, 7) is 1.85. The van der Waals surface area contributed by atoms with Crippen molar-refractivity contribution in [2.75, 3.05) is 17.9 Å². The molecule has 0 fully saturated rings. The van der Waals surface area contributed by atoms with Crippen LogP contribution in [0.1, 0.15) is 15.9 Å². The Morgan fingerprint density at radius 3 is 2.48 bits per heavy atom. The monoisotopic (exact) mass is 334 g/mol. The molecule has 2 rings (SSSR count). The Kier molecular flexibility index (Phi) is 5.36. The van der Waals surface area contributed by atoms with E-state index in [4.69, 9.17) is 5.11 Å². The molecular weight excluding hydrogens is 316 g/mol. The second-order valence-electron chi connectivity index (χ2n) is 4.98. The van der Waals surface area contributed by atoms with Gasteiger partial charge in [-0.3, -0.25) is 9.52 Å². The SMILES string of the molecule is Cc1ccc(S(=O)(=O)Nc2cccc(C(=O)NCCO)c2)cc1. The van der Waals surface area contributed by atoms with E-state index in [0.717, 1.165) is 5.56 Å². The van der Waals surface area contributed by atoms with Crippen LogP contribution in [0.25, 0.3) is 0 Å². The standard InChI is InChI=1S/C16H18N2O4S/c1-12-5-7-15(8-6-12)23(21,22)18-14-4-2-3-13(11-14)16(20)17-9-10-19/h2-8,11,18-19H,9-10H2,1H3,(H,17,20). The smallest absolute Gasteiger partial charge is 0.261 e. The van der Waals surface area contributed by atoms with Crippen molar-refractivity contribution in [3.63, 3.8) is 0 Å². The molecule has 2 aromatic carbocycles. The van der Waals surface area contributed by atoms with Crippen molar-refractivity contribution in [1.29, 1.82) is 0 Å². The first kappa shape index (κ1) is 17.0. The summed E-state index contributed by atoms with van der Waals surface area (Å²) < 4.78 is 27.1. The fraction of sp³-hybridized carbons (Fsp3) is 0.188. The Morgan fingerprint density at radius 1 is 1.13 bits per heavy atom. The third kappa shape index (κ3) is 4.54. The van der Waals surface area contributed by atoms with Crippen LogP contribution in [0.5, 0.6) is 0 Å². The van der Waals surface area contributed by atoms with Gasteiger partial charge in [0.25, 0.3) is 15.9 Å². The molecule has 0 radical (unpaired) electrons. The second kappa shape index (κ2) is 7.26. The van der Waals surface area contributed by atoms with E-state index in [0.29, 0.717) is 11.3 Å². The van der Waals surface area contributed by atoms with Gasteiger partial charge in [-0.1, -0.05) is 23.8 Å². The molecule has 0 spiro atoms. The minimum Gasteiger partial charge on any atom is -0.395 e. The van der Waals surface area contributed by atoms with Gasteiger partial charge >= 0.3 is 0 Å². The predicted octanol–water partition coefficient (Wildman–Crippen LogP) is 1.52. The summed E-state index contributed by atoms with van der Waals surface area (Å²) in [5.41, 5.74) is 1.57. The molecule has 23 heavy (non-hydrogen) atoms. The number of hydrogen-bond acceptors (Lipinski definition) is 4. The fourth-order valence-electron chi connectivity index (χ4n) is 1.93. The number of nitrogens with one attached hydrogen (secondary N) is 2. The molecule has 6 nitrogen and oxygen atoms in total. The highest BCUT2D eigenvalue weighted by atomic mass is 32.2. The van der Waals surface area contributed by atoms with Gasteiger partial charge in [-0.05, 0) is 37.3 Å². The maximum Gasteiger partial charge on any atom is 0.261 e. The summed E-state index contributed by atoms with van der Waals surface area (Å²) in [4.78, 5) is 12.0. The molecule has 0 unspecified atom stereocenters. The molecule has 0 saturated heterocycles. The number of aryl methyl sites for hydroxylation is 1. The Bertz CT molecular complexity index is 786. The molecule has 0 atom stereocenters. The number of rotatable bonds is 6. The van der Waals surface area contributed by atoms with Crippen molar-refractivity contribution in [2.45, 2.75) is 11.8 Å². The zero-order chi connectivity index (χ0) is 16.9. The molecule has 0 saturated carbocycles. The second-order valence-corrected chi connectivity index (χ2v) is 6.66. The van der Waals surface area contributed by atoms with Crippen molar-refractivity contribution in [3.05, 3.63) is 59.7 Å². The highest BCUT2D eigenvalue weighted by Gasteiger charge is 2.14. The topological polar surface area (TPSA) is 95.5 Å². The Labute approximate surface area is 135 Å². The van der Waals surface area contributed by atoms with Crippen LogP contribution in [0, 0.1) is 6.92 Å². The van der Waals surface area contributed by atoms with E-state index in [2.05, 4.69) is 10.0 Å². The fourth-order valence-corrected chi connectivity index (χ4v) is 2.98. The van der Waals surface area contributed by atoms with E-state index in [1.165, 1.54) is 18.2 Å². The van der Waals surface area contributed by atoms with Crippen molar-refractivity contribution >= 4 is 21.6 Å². The Hall–Kier alpha value is -2.38. The van der Waals surface area contributed by atoms with E-state index in [1.807, 2.05) is 6.92 Å². The quantitative estimate of drug-likeness (QED) is 0.746. The summed E-state index contributed by atoms with van der Waals surface area (Å²) in [6.07, 6.45) is 0. The van der Waals surface area contributed by atoms with Crippen LogP contribution in [0.15, 0.2) is 53.4 Å². The number of amides is 1. The lowest BCUT2D eigenvalue weighted by Gasteiger charge is -2.10. The van der Waals surface area contributed by atoms with Crippen LogP contribution in [-0.4, -0.2) is 32.6 Å². The molecule has 2 aromatic rings. The van der Waals surface area contributed by atoms with Crippen molar-refractivity contribution in [2.24, 2.45) is 0 Å². The third-order valence-corrected chi connectivity index (χ3v) is 4.50. The zero-order valence-electron chi connectivity index (χ0n) is 12.6. The lowest BCUT2D eigenvalue weighted by molar-refractivity contribution is 0.0945. The minimum atomic E-state index is -3.71. The maximum atomic E-state index is 12.3. The number of hydrogen-bond donors (Lipinski definition) is 3. The number of anilines is 1. The summed E-state index contributed by atoms with van der Waals surface area (Å²) >= 11 is 0. The van der Waals surface area contributed by atoms with Crippen molar-refractivity contribution in [3.8, 4) is 0 Å². The zero-order valence-corrected chi connectivity index (χ0v) is 13.4. The van der Waals surface area contributed by atoms with E-state index in [-0.39, 0.29) is 24.0 Å². The number of sulfonamides is 1.